The van der Waals surface area contributed by atoms with Crippen molar-refractivity contribution >= 4 is 57.9 Å². The van der Waals surface area contributed by atoms with Gasteiger partial charge in [-0.25, -0.2) is 4.68 Å². The van der Waals surface area contributed by atoms with E-state index in [1.54, 1.807) is 16.0 Å². The van der Waals surface area contributed by atoms with Crippen LogP contribution in [0.15, 0.2) is 48.8 Å². The molecule has 4 aromatic heterocycles. The van der Waals surface area contributed by atoms with Crippen LogP contribution in [0, 0.1) is 11.8 Å². The van der Waals surface area contributed by atoms with Gasteiger partial charge in [0.1, 0.15) is 18.4 Å². The molecule has 3 saturated heterocycles. The summed E-state index contributed by atoms with van der Waals surface area (Å²) >= 11 is 0. The molecule has 22 heteroatoms. The van der Waals surface area contributed by atoms with E-state index in [0.29, 0.717) is 75.1 Å². The summed E-state index contributed by atoms with van der Waals surface area (Å²) in [5, 5.41) is 13.9. The number of morpholine rings is 2. The van der Waals surface area contributed by atoms with Gasteiger partial charge in [0.25, 0.3) is 0 Å². The first-order valence-corrected chi connectivity index (χ1v) is 25.6. The first-order valence-electron chi connectivity index (χ1n) is 25.6. The van der Waals surface area contributed by atoms with Crippen molar-refractivity contribution < 1.29 is 33.3 Å². The molecule has 5 fully saturated rings. The normalized spacial score (nSPS) is 22.4. The Bertz CT molecular complexity index is 2790. The van der Waals surface area contributed by atoms with E-state index in [1.807, 2.05) is 75.5 Å². The Kier molecular flexibility index (Phi) is 16.8. The summed E-state index contributed by atoms with van der Waals surface area (Å²) < 4.78 is 31.6. The molecule has 2 aliphatic carbocycles. The molecule has 0 spiro atoms. The molecule has 390 valence electrons. The van der Waals surface area contributed by atoms with Crippen LogP contribution in [-0.2, 0) is 23.8 Å². The SMILES string of the molecule is CN(C)C(=O)C1CCC(Oc2nc(-c3cccc4[nH]ncc34)nc(N3CCOCC3)n2)CC1.CN(C)C(=O)C1CCC(Oc2nc(-c3cccc4nn(C5CCCCO5)cc34)nc(N3CCOCC3)n2)CC1.Cl. The molecule has 2 aromatic carbocycles. The standard InChI is InChI=1S/C28H37N7O4.C23H29N7O3.ClH/c1-33(2)26(36)19-9-11-20(12-10-19)39-28-30-25(29-27(31-28)34-13-16-37-17-14-34)21-6-5-7-23-22(21)18-35(32-23)24-8-3-4-15-38-24;1-29(2)21(31)15-6-8-16(9-7-15)33-23-26-20(17-4-3-5-19-18(17)14-24-28-19)25-22(27-23)30-10-12-32-13-11-30;/h5-7,18-20,24H,3-4,8-17H2,1-2H3;3-5,14-16H,6-13H2,1-2H3,(H,24,28);1H. The summed E-state index contributed by atoms with van der Waals surface area (Å²) in [6.45, 7) is 6.15. The maximum absolute atomic E-state index is 12.4. The van der Waals surface area contributed by atoms with Crippen molar-refractivity contribution in [3.63, 3.8) is 0 Å². The zero-order valence-electron chi connectivity index (χ0n) is 42.2. The van der Waals surface area contributed by atoms with Gasteiger partial charge < -0.3 is 43.3 Å². The minimum Gasteiger partial charge on any atom is -0.460 e. The summed E-state index contributed by atoms with van der Waals surface area (Å²) in [6, 6.07) is 12.6. The number of benzene rings is 2. The molecule has 1 N–H and O–H groups in total. The van der Waals surface area contributed by atoms with Gasteiger partial charge in [-0.15, -0.1) is 12.4 Å². The highest BCUT2D eigenvalue weighted by molar-refractivity contribution is 5.93. The van der Waals surface area contributed by atoms with Gasteiger partial charge in [0.2, 0.25) is 23.7 Å². The highest BCUT2D eigenvalue weighted by Crippen LogP contribution is 2.34. The molecule has 21 nitrogen and oxygen atoms in total. The Labute approximate surface area is 431 Å². The monoisotopic (exact) mass is 1020 g/mol. The molecule has 7 heterocycles. The van der Waals surface area contributed by atoms with Crippen molar-refractivity contribution in [2.24, 2.45) is 11.8 Å². The fourth-order valence-electron chi connectivity index (χ4n) is 10.2. The van der Waals surface area contributed by atoms with Crippen molar-refractivity contribution in [2.45, 2.75) is 89.1 Å². The van der Waals surface area contributed by atoms with Crippen molar-refractivity contribution in [3.8, 4) is 34.8 Å². The molecule has 0 bridgehead atoms. The minimum absolute atomic E-state index is 0. The number of carbonyl (C=O) groups is 2. The number of carbonyl (C=O) groups excluding carboxylic acids is 2. The van der Waals surface area contributed by atoms with Gasteiger partial charge in [-0.2, -0.15) is 40.1 Å². The molecule has 2 amide bonds. The fourth-order valence-corrected chi connectivity index (χ4v) is 10.2. The van der Waals surface area contributed by atoms with Gasteiger partial charge in [-0.1, -0.05) is 24.3 Å². The summed E-state index contributed by atoms with van der Waals surface area (Å²) in [6.07, 6.45) is 13.3. The van der Waals surface area contributed by atoms with Crippen LogP contribution in [0.4, 0.5) is 11.9 Å². The average Bonchev–Trinajstić information content (AvgIpc) is 4.10. The lowest BCUT2D eigenvalue weighted by Crippen LogP contribution is -2.37. The number of fused-ring (bicyclic) bond motifs is 2. The van der Waals surface area contributed by atoms with Gasteiger partial charge in [0.05, 0.1) is 43.7 Å². The Morgan fingerprint density at radius 3 is 1.64 bits per heavy atom. The van der Waals surface area contributed by atoms with E-state index < -0.39 is 0 Å². The second-order valence-corrected chi connectivity index (χ2v) is 19.6. The second-order valence-electron chi connectivity index (χ2n) is 19.6. The van der Waals surface area contributed by atoms with E-state index >= 15 is 0 Å². The number of H-pyrrole nitrogens is 1. The van der Waals surface area contributed by atoms with E-state index in [0.717, 1.165) is 123 Å². The molecule has 3 aliphatic heterocycles. The van der Waals surface area contributed by atoms with Gasteiger partial charge in [-0.3, -0.25) is 14.7 Å². The van der Waals surface area contributed by atoms with E-state index in [1.165, 1.54) is 0 Å². The molecule has 5 aliphatic rings. The lowest BCUT2D eigenvalue weighted by Gasteiger charge is -2.30. The number of nitrogens with one attached hydrogen (secondary N) is 1. The molecule has 73 heavy (non-hydrogen) atoms. The lowest BCUT2D eigenvalue weighted by molar-refractivity contribution is -0.135. The topological polar surface area (TPSA) is 217 Å². The Hall–Kier alpha value is -6.29. The molecular formula is C51H67ClN14O7. The summed E-state index contributed by atoms with van der Waals surface area (Å²) in [7, 11) is 7.25. The van der Waals surface area contributed by atoms with Gasteiger partial charge in [0, 0.05) is 101 Å². The number of nitrogens with zero attached hydrogens (tertiary/aromatic N) is 13. The number of ether oxygens (including phenoxy) is 5. The van der Waals surface area contributed by atoms with Crippen molar-refractivity contribution in [1.82, 2.24) is 59.7 Å². The number of aromatic amines is 1. The highest BCUT2D eigenvalue weighted by Gasteiger charge is 2.31. The van der Waals surface area contributed by atoms with Crippen molar-refractivity contribution in [3.05, 3.63) is 48.8 Å². The van der Waals surface area contributed by atoms with Crippen molar-refractivity contribution in [2.75, 3.05) is 97.2 Å². The number of amides is 2. The molecule has 1 unspecified atom stereocenters. The number of rotatable bonds is 11. The largest absolute Gasteiger partial charge is 0.460 e. The number of hydrogen-bond donors (Lipinski definition) is 1. The molecular weight excluding hydrogens is 956 g/mol. The molecule has 1 atom stereocenters. The Morgan fingerprint density at radius 1 is 0.616 bits per heavy atom. The number of aromatic nitrogens is 10. The highest BCUT2D eigenvalue weighted by atomic mass is 35.5. The van der Waals surface area contributed by atoms with Crippen LogP contribution in [0.3, 0.4) is 0 Å². The molecule has 11 rings (SSSR count). The van der Waals surface area contributed by atoms with Crippen LogP contribution in [0.1, 0.15) is 76.9 Å². The molecule has 6 aromatic rings. The van der Waals surface area contributed by atoms with Gasteiger partial charge in [-0.05, 0) is 82.8 Å². The third-order valence-corrected chi connectivity index (χ3v) is 14.3. The van der Waals surface area contributed by atoms with E-state index in [-0.39, 0.29) is 54.5 Å². The van der Waals surface area contributed by atoms with Crippen LogP contribution >= 0.6 is 12.4 Å². The summed E-state index contributed by atoms with van der Waals surface area (Å²) in [5.74, 6) is 2.82. The zero-order chi connectivity index (χ0) is 49.6. The number of hydrogen-bond acceptors (Lipinski definition) is 17. The quantitative estimate of drug-likeness (QED) is 0.154. The third kappa shape index (κ3) is 12.2. The first-order chi connectivity index (χ1) is 35.1. The number of anilines is 2. The predicted molar refractivity (Wildman–Crippen MR) is 276 cm³/mol. The Balaban J connectivity index is 0.000000180. The molecule has 2 saturated carbocycles. The summed E-state index contributed by atoms with van der Waals surface area (Å²) in [4.78, 5) is 60.8. The third-order valence-electron chi connectivity index (χ3n) is 14.3. The van der Waals surface area contributed by atoms with Crippen LogP contribution in [0.5, 0.6) is 12.0 Å². The van der Waals surface area contributed by atoms with Gasteiger partial charge in [0.15, 0.2) is 11.6 Å². The maximum Gasteiger partial charge on any atom is 0.322 e. The Morgan fingerprint density at radius 2 is 1.14 bits per heavy atom. The van der Waals surface area contributed by atoms with Crippen molar-refractivity contribution in [1.29, 1.82) is 0 Å². The van der Waals surface area contributed by atoms with E-state index in [9.17, 15) is 9.59 Å². The molecule has 0 radical (unpaired) electrons. The average molecular weight is 1020 g/mol. The lowest BCUT2D eigenvalue weighted by atomic mass is 9.86. The fraction of sp³-hybridized carbons (Fsp3) is 0.569. The minimum atomic E-state index is -0.0466. The van der Waals surface area contributed by atoms with E-state index in [2.05, 4.69) is 30.0 Å². The van der Waals surface area contributed by atoms with Crippen LogP contribution in [0.25, 0.3) is 44.6 Å². The van der Waals surface area contributed by atoms with Crippen LogP contribution < -0.4 is 19.3 Å². The smallest absolute Gasteiger partial charge is 0.322 e. The maximum atomic E-state index is 12.4. The summed E-state index contributed by atoms with van der Waals surface area (Å²) in [5.41, 5.74) is 3.56. The van der Waals surface area contributed by atoms with E-state index in [4.69, 9.17) is 48.7 Å². The van der Waals surface area contributed by atoms with Crippen LogP contribution in [-0.4, -0.2) is 171 Å². The first kappa shape index (κ1) is 51.6. The predicted octanol–water partition coefficient (Wildman–Crippen LogP) is 6.15. The number of halogens is 1. The zero-order valence-corrected chi connectivity index (χ0v) is 43.0. The van der Waals surface area contributed by atoms with Gasteiger partial charge >= 0.3 is 12.0 Å². The second kappa shape index (κ2) is 23.7. The van der Waals surface area contributed by atoms with Crippen LogP contribution in [0.2, 0.25) is 0 Å².